The number of aromatic nitrogens is 2. The number of ether oxygens (including phenoxy) is 1. The number of fused-ring (bicyclic) bond motifs is 1. The average Bonchev–Trinajstić information content (AvgIpc) is 3.29. The maximum absolute atomic E-state index is 14.6. The van der Waals surface area contributed by atoms with Crippen LogP contribution < -0.4 is 0 Å². The molecule has 1 fully saturated rings. The molecule has 1 N–H and O–H groups in total. The van der Waals surface area contributed by atoms with E-state index >= 15 is 0 Å². The zero-order valence-corrected chi connectivity index (χ0v) is 14.8. The van der Waals surface area contributed by atoms with Gasteiger partial charge in [0, 0.05) is 36.3 Å². The van der Waals surface area contributed by atoms with Crippen molar-refractivity contribution < 1.29 is 37.0 Å². The Balaban J connectivity index is 1.58. The first-order valence-electron chi connectivity index (χ1n) is 8.66. The molecule has 12 heteroatoms. The molecule has 2 amide bonds. The smallest absolute Gasteiger partial charge is 0.407 e. The molecule has 2 aliphatic heterocycles. The summed E-state index contributed by atoms with van der Waals surface area (Å²) in [6, 6.07) is 1.76. The third-order valence-corrected chi connectivity index (χ3v) is 4.84. The molecule has 0 bridgehead atoms. The molecule has 1 atom stereocenters. The van der Waals surface area contributed by atoms with E-state index in [1.807, 2.05) is 0 Å². The number of morpholine rings is 1. The molecule has 29 heavy (non-hydrogen) atoms. The lowest BCUT2D eigenvalue weighted by atomic mass is 10.1. The number of nitrogens with zero attached hydrogens (tertiary/aromatic N) is 4. The summed E-state index contributed by atoms with van der Waals surface area (Å²) < 4.78 is 50.0. The fraction of sp³-hybridized carbons (Fsp3) is 0.412. The molecule has 0 spiro atoms. The van der Waals surface area contributed by atoms with Crippen molar-refractivity contribution in [2.75, 3.05) is 26.3 Å². The van der Waals surface area contributed by atoms with Crippen molar-refractivity contribution in [3.63, 3.8) is 0 Å². The Morgan fingerprint density at radius 1 is 1.34 bits per heavy atom. The molecule has 4 rings (SSSR count). The van der Waals surface area contributed by atoms with Crippen LogP contribution in [0.5, 0.6) is 0 Å². The van der Waals surface area contributed by atoms with Crippen LogP contribution in [-0.2, 0) is 11.3 Å². The van der Waals surface area contributed by atoms with E-state index in [4.69, 9.17) is 9.15 Å². The Kier molecular flexibility index (Phi) is 4.86. The molecule has 1 saturated heterocycles. The molecule has 0 aliphatic carbocycles. The van der Waals surface area contributed by atoms with Crippen molar-refractivity contribution in [2.45, 2.75) is 19.0 Å². The van der Waals surface area contributed by atoms with E-state index in [-0.39, 0.29) is 55.4 Å². The first kappa shape index (κ1) is 19.2. The van der Waals surface area contributed by atoms with Crippen LogP contribution >= 0.6 is 0 Å². The summed E-state index contributed by atoms with van der Waals surface area (Å²) >= 11 is 0. The predicted octanol–water partition coefficient (Wildman–Crippen LogP) is 2.15. The molecule has 154 valence electrons. The summed E-state index contributed by atoms with van der Waals surface area (Å²) in [5, 5.41) is 16.0. The Hall–Kier alpha value is -3.15. The topological polar surface area (TPSA) is 109 Å². The SMILES string of the molecule is O=C1c2cc(-c3nnc(C(F)F)o3)cc(F)c2CN1C[C@H]1COCCN1C(=O)O. The number of alkyl halides is 2. The van der Waals surface area contributed by atoms with Gasteiger partial charge in [0.25, 0.3) is 11.8 Å². The quantitative estimate of drug-likeness (QED) is 0.820. The van der Waals surface area contributed by atoms with Gasteiger partial charge in [0.05, 0.1) is 19.3 Å². The van der Waals surface area contributed by atoms with Gasteiger partial charge in [-0.05, 0) is 12.1 Å². The molecule has 2 aliphatic rings. The molecule has 0 unspecified atom stereocenters. The molecule has 2 aromatic rings. The highest BCUT2D eigenvalue weighted by atomic mass is 19.3. The van der Waals surface area contributed by atoms with Crippen molar-refractivity contribution in [1.29, 1.82) is 0 Å². The fourth-order valence-electron chi connectivity index (χ4n) is 3.44. The van der Waals surface area contributed by atoms with E-state index in [2.05, 4.69) is 10.2 Å². The van der Waals surface area contributed by atoms with Crippen LogP contribution in [0.4, 0.5) is 18.0 Å². The lowest BCUT2D eigenvalue weighted by molar-refractivity contribution is -0.0102. The van der Waals surface area contributed by atoms with Crippen molar-refractivity contribution in [3.05, 3.63) is 35.0 Å². The summed E-state index contributed by atoms with van der Waals surface area (Å²) in [6.07, 6.45) is -4.09. The second-order valence-corrected chi connectivity index (χ2v) is 6.62. The number of carbonyl (C=O) groups excluding carboxylic acids is 1. The minimum Gasteiger partial charge on any atom is -0.465 e. The molecule has 0 saturated carbocycles. The standard InChI is InChI=1S/C17H15F3N4O5/c18-12-4-8(14-21-22-15(29-14)13(19)20)3-10-11(12)6-23(16(10)25)5-9-7-28-2-1-24(9)17(26)27/h3-4,9,13H,1-2,5-7H2,(H,26,27)/t9-/m0/s1. The van der Waals surface area contributed by atoms with Gasteiger partial charge in [0.1, 0.15) is 5.82 Å². The largest absolute Gasteiger partial charge is 0.465 e. The molecule has 1 aromatic heterocycles. The van der Waals surface area contributed by atoms with Gasteiger partial charge in [-0.3, -0.25) is 9.69 Å². The van der Waals surface area contributed by atoms with Gasteiger partial charge in [0.15, 0.2) is 0 Å². The predicted molar refractivity (Wildman–Crippen MR) is 88.7 cm³/mol. The van der Waals surface area contributed by atoms with Crippen LogP contribution in [0.15, 0.2) is 16.5 Å². The summed E-state index contributed by atoms with van der Waals surface area (Å²) in [6.45, 7) is 0.552. The van der Waals surface area contributed by atoms with Gasteiger partial charge in [-0.2, -0.15) is 8.78 Å². The van der Waals surface area contributed by atoms with E-state index in [0.29, 0.717) is 0 Å². The minimum atomic E-state index is -2.97. The minimum absolute atomic E-state index is 0.00372. The number of amides is 2. The highest BCUT2D eigenvalue weighted by molar-refractivity contribution is 5.99. The van der Waals surface area contributed by atoms with Crippen LogP contribution in [0, 0.1) is 5.82 Å². The third-order valence-electron chi connectivity index (χ3n) is 4.84. The van der Waals surface area contributed by atoms with Crippen LogP contribution in [0.2, 0.25) is 0 Å². The third kappa shape index (κ3) is 3.50. The maximum atomic E-state index is 14.6. The Labute approximate surface area is 161 Å². The van der Waals surface area contributed by atoms with Crippen LogP contribution in [0.25, 0.3) is 11.5 Å². The van der Waals surface area contributed by atoms with Crippen molar-refractivity contribution in [3.8, 4) is 11.5 Å². The highest BCUT2D eigenvalue weighted by Crippen LogP contribution is 2.32. The molecule has 9 nitrogen and oxygen atoms in total. The zero-order valence-electron chi connectivity index (χ0n) is 14.8. The number of carboxylic acid groups (broad SMARTS) is 1. The number of carbonyl (C=O) groups is 2. The highest BCUT2D eigenvalue weighted by Gasteiger charge is 2.36. The fourth-order valence-corrected chi connectivity index (χ4v) is 3.44. The van der Waals surface area contributed by atoms with Crippen molar-refractivity contribution >= 4 is 12.0 Å². The number of benzene rings is 1. The van der Waals surface area contributed by atoms with E-state index in [0.717, 1.165) is 6.07 Å². The second-order valence-electron chi connectivity index (χ2n) is 6.62. The first-order chi connectivity index (χ1) is 13.8. The van der Waals surface area contributed by atoms with Crippen molar-refractivity contribution in [1.82, 2.24) is 20.0 Å². The lowest BCUT2D eigenvalue weighted by Gasteiger charge is -2.35. The second kappa shape index (κ2) is 7.35. The van der Waals surface area contributed by atoms with E-state index in [1.165, 1.54) is 15.9 Å². The van der Waals surface area contributed by atoms with Crippen LogP contribution in [-0.4, -0.2) is 69.4 Å². The van der Waals surface area contributed by atoms with E-state index in [1.54, 1.807) is 0 Å². The van der Waals surface area contributed by atoms with Gasteiger partial charge in [-0.25, -0.2) is 9.18 Å². The van der Waals surface area contributed by atoms with Crippen LogP contribution in [0.1, 0.15) is 28.2 Å². The van der Waals surface area contributed by atoms with Crippen LogP contribution in [0.3, 0.4) is 0 Å². The normalized spacial score (nSPS) is 19.2. The van der Waals surface area contributed by atoms with Crippen molar-refractivity contribution in [2.24, 2.45) is 0 Å². The maximum Gasteiger partial charge on any atom is 0.407 e. The van der Waals surface area contributed by atoms with E-state index in [9.17, 15) is 27.9 Å². The first-order valence-corrected chi connectivity index (χ1v) is 8.66. The summed E-state index contributed by atoms with van der Waals surface area (Å²) in [7, 11) is 0. The summed E-state index contributed by atoms with van der Waals surface area (Å²) in [5.74, 6) is -2.46. The van der Waals surface area contributed by atoms with Gasteiger partial charge in [-0.1, -0.05) is 0 Å². The Morgan fingerprint density at radius 3 is 2.83 bits per heavy atom. The summed E-state index contributed by atoms with van der Waals surface area (Å²) in [5.41, 5.74) is 0.172. The molecule has 0 radical (unpaired) electrons. The Morgan fingerprint density at radius 2 is 2.14 bits per heavy atom. The van der Waals surface area contributed by atoms with Gasteiger partial charge in [-0.15, -0.1) is 10.2 Å². The zero-order chi connectivity index (χ0) is 20.7. The molecule has 1 aromatic carbocycles. The van der Waals surface area contributed by atoms with Gasteiger partial charge < -0.3 is 19.2 Å². The average molecular weight is 412 g/mol. The van der Waals surface area contributed by atoms with E-state index < -0.39 is 36.2 Å². The number of rotatable bonds is 4. The molecular weight excluding hydrogens is 397 g/mol. The number of hydrogen-bond acceptors (Lipinski definition) is 6. The Bertz CT molecular complexity index is 967. The summed E-state index contributed by atoms with van der Waals surface area (Å²) in [4.78, 5) is 26.6. The van der Waals surface area contributed by atoms with Gasteiger partial charge >= 0.3 is 12.5 Å². The van der Waals surface area contributed by atoms with Gasteiger partial charge in [0.2, 0.25) is 5.89 Å². The molecule has 3 heterocycles. The monoisotopic (exact) mass is 412 g/mol. The number of hydrogen-bond donors (Lipinski definition) is 1. The lowest BCUT2D eigenvalue weighted by Crippen LogP contribution is -2.53. The molecular formula is C17H15F3N4O5. The number of halogens is 3.